The van der Waals surface area contributed by atoms with E-state index in [4.69, 9.17) is 23.9 Å². The molecule has 45 heavy (non-hydrogen) atoms. The standard InChI is InChI=1S/C35H41N5O5/c1-37-35(42)45-29-12-9-25(10-13-29)34(41)40(32-18-27(15-16-38-32)30-21-44-33(39-30)24-7-8-24)20-22-3-5-23(6-4-22)26-11-14-31(43-2)28(17-26)19-36/h11,14-18,21-25,29H,3-10,12-13,20H2,1-2H3,(H,37,42)/t22-,23-,25-,29-. The van der Waals surface area contributed by atoms with Crippen LogP contribution in [0.4, 0.5) is 10.6 Å². The summed E-state index contributed by atoms with van der Waals surface area (Å²) >= 11 is 0. The minimum Gasteiger partial charge on any atom is -0.495 e. The van der Waals surface area contributed by atoms with Gasteiger partial charge in [-0.15, -0.1) is 0 Å². The maximum absolute atomic E-state index is 14.2. The van der Waals surface area contributed by atoms with Gasteiger partial charge in [0.05, 0.1) is 12.7 Å². The van der Waals surface area contributed by atoms with Crippen molar-refractivity contribution in [1.29, 1.82) is 5.26 Å². The molecule has 236 valence electrons. The lowest BCUT2D eigenvalue weighted by Crippen LogP contribution is -2.42. The van der Waals surface area contributed by atoms with E-state index >= 15 is 0 Å². The molecule has 10 heteroatoms. The van der Waals surface area contributed by atoms with Gasteiger partial charge in [0.2, 0.25) is 5.91 Å². The predicted octanol–water partition coefficient (Wildman–Crippen LogP) is 6.72. The third-order valence-electron chi connectivity index (χ3n) is 9.64. The Labute approximate surface area is 264 Å². The van der Waals surface area contributed by atoms with Gasteiger partial charge in [0.15, 0.2) is 5.89 Å². The molecule has 0 radical (unpaired) electrons. The van der Waals surface area contributed by atoms with Gasteiger partial charge >= 0.3 is 6.09 Å². The number of carbonyl (C=O) groups excluding carboxylic acids is 2. The molecule has 2 aromatic heterocycles. The zero-order valence-electron chi connectivity index (χ0n) is 26.0. The Bertz CT molecular complexity index is 1540. The summed E-state index contributed by atoms with van der Waals surface area (Å²) in [4.78, 5) is 37.2. The molecule has 6 rings (SSSR count). The van der Waals surface area contributed by atoms with Crippen LogP contribution in [-0.2, 0) is 9.53 Å². The van der Waals surface area contributed by atoms with Crippen molar-refractivity contribution in [2.45, 2.75) is 82.1 Å². The Kier molecular flexibility index (Phi) is 9.34. The van der Waals surface area contributed by atoms with E-state index in [9.17, 15) is 14.9 Å². The molecule has 0 spiro atoms. The van der Waals surface area contributed by atoms with Crippen molar-refractivity contribution < 1.29 is 23.5 Å². The number of benzene rings is 1. The molecule has 1 N–H and O–H groups in total. The van der Waals surface area contributed by atoms with E-state index in [1.54, 1.807) is 26.6 Å². The molecule has 3 aromatic rings. The van der Waals surface area contributed by atoms with Crippen molar-refractivity contribution in [2.24, 2.45) is 11.8 Å². The summed E-state index contributed by atoms with van der Waals surface area (Å²) < 4.78 is 16.6. The molecule has 1 aromatic carbocycles. The van der Waals surface area contributed by atoms with Gasteiger partial charge in [0.1, 0.15) is 35.7 Å². The number of hydrogen-bond donors (Lipinski definition) is 1. The molecule has 0 atom stereocenters. The average molecular weight is 612 g/mol. The number of alkyl carbamates (subject to hydrolysis) is 1. The largest absolute Gasteiger partial charge is 0.495 e. The first kappa shape index (κ1) is 30.6. The summed E-state index contributed by atoms with van der Waals surface area (Å²) in [5.41, 5.74) is 3.37. The smallest absolute Gasteiger partial charge is 0.407 e. The monoisotopic (exact) mass is 611 g/mol. The maximum atomic E-state index is 14.2. The van der Waals surface area contributed by atoms with Gasteiger partial charge in [0, 0.05) is 37.2 Å². The Morgan fingerprint density at radius 3 is 2.47 bits per heavy atom. The van der Waals surface area contributed by atoms with Crippen LogP contribution in [0.2, 0.25) is 0 Å². The van der Waals surface area contributed by atoms with E-state index in [1.165, 1.54) is 5.56 Å². The number of ether oxygens (including phenoxy) is 2. The molecule has 3 aliphatic rings. The van der Waals surface area contributed by atoms with E-state index in [2.05, 4.69) is 17.5 Å². The summed E-state index contributed by atoms with van der Waals surface area (Å²) in [5.74, 6) is 3.04. The van der Waals surface area contributed by atoms with E-state index in [-0.39, 0.29) is 17.9 Å². The van der Waals surface area contributed by atoms with Crippen molar-refractivity contribution >= 4 is 17.8 Å². The number of methoxy groups -OCH3 is 1. The number of amides is 2. The Balaban J connectivity index is 1.18. The van der Waals surface area contributed by atoms with E-state index in [0.29, 0.717) is 67.1 Å². The van der Waals surface area contributed by atoms with Crippen LogP contribution in [0.5, 0.6) is 5.75 Å². The predicted molar refractivity (Wildman–Crippen MR) is 168 cm³/mol. The van der Waals surface area contributed by atoms with Crippen molar-refractivity contribution in [3.8, 4) is 23.1 Å². The van der Waals surface area contributed by atoms with E-state index in [0.717, 1.165) is 55.7 Å². The zero-order chi connectivity index (χ0) is 31.3. The number of nitrogens with one attached hydrogen (secondary N) is 1. The molecule has 10 nitrogen and oxygen atoms in total. The summed E-state index contributed by atoms with van der Waals surface area (Å²) in [6.07, 6.45) is 11.6. The first-order chi connectivity index (χ1) is 21.9. The molecule has 3 fully saturated rings. The van der Waals surface area contributed by atoms with Crippen LogP contribution in [0, 0.1) is 23.2 Å². The maximum Gasteiger partial charge on any atom is 0.407 e. The fourth-order valence-electron chi connectivity index (χ4n) is 6.82. The lowest BCUT2D eigenvalue weighted by atomic mass is 9.78. The molecule has 3 aliphatic carbocycles. The number of hydrogen-bond acceptors (Lipinski definition) is 8. The molecular formula is C35H41N5O5. The van der Waals surface area contributed by atoms with Crippen LogP contribution >= 0.6 is 0 Å². The number of pyridine rings is 1. The highest BCUT2D eigenvalue weighted by atomic mass is 16.6. The van der Waals surface area contributed by atoms with Crippen molar-refractivity contribution in [2.75, 3.05) is 25.6 Å². The normalized spacial score (nSPS) is 23.0. The third kappa shape index (κ3) is 7.14. The molecule has 0 unspecified atom stereocenters. The van der Waals surface area contributed by atoms with Crippen LogP contribution in [0.25, 0.3) is 11.3 Å². The second kappa shape index (κ2) is 13.7. The van der Waals surface area contributed by atoms with Gasteiger partial charge in [-0.25, -0.2) is 14.8 Å². The summed E-state index contributed by atoms with van der Waals surface area (Å²) in [6.45, 7) is 0.592. The number of aromatic nitrogens is 2. The Morgan fingerprint density at radius 2 is 1.78 bits per heavy atom. The number of oxazole rings is 1. The van der Waals surface area contributed by atoms with Gasteiger partial charge in [-0.05, 0) is 106 Å². The van der Waals surface area contributed by atoms with Crippen LogP contribution in [0.3, 0.4) is 0 Å². The van der Waals surface area contributed by atoms with Gasteiger partial charge in [-0.1, -0.05) is 6.07 Å². The van der Waals surface area contributed by atoms with Crippen LogP contribution in [0.15, 0.2) is 47.2 Å². The van der Waals surface area contributed by atoms with E-state index in [1.807, 2.05) is 29.2 Å². The second-order valence-electron chi connectivity index (χ2n) is 12.6. The minimum atomic E-state index is -0.431. The summed E-state index contributed by atoms with van der Waals surface area (Å²) in [7, 11) is 3.14. The van der Waals surface area contributed by atoms with Crippen molar-refractivity contribution in [3.63, 3.8) is 0 Å². The van der Waals surface area contributed by atoms with Crippen LogP contribution in [-0.4, -0.2) is 48.8 Å². The molecule has 2 heterocycles. The molecule has 0 saturated heterocycles. The van der Waals surface area contributed by atoms with E-state index < -0.39 is 6.09 Å². The fourth-order valence-corrected chi connectivity index (χ4v) is 6.82. The lowest BCUT2D eigenvalue weighted by Gasteiger charge is -2.35. The highest BCUT2D eigenvalue weighted by molar-refractivity contribution is 5.94. The lowest BCUT2D eigenvalue weighted by molar-refractivity contribution is -0.124. The first-order valence-corrected chi connectivity index (χ1v) is 16.1. The second-order valence-corrected chi connectivity index (χ2v) is 12.6. The molecule has 0 aliphatic heterocycles. The topological polar surface area (TPSA) is 131 Å². The zero-order valence-corrected chi connectivity index (χ0v) is 26.0. The number of anilines is 1. The molecule has 3 saturated carbocycles. The summed E-state index contributed by atoms with van der Waals surface area (Å²) in [6, 6.07) is 12.0. The number of nitrogens with zero attached hydrogens (tertiary/aromatic N) is 4. The van der Waals surface area contributed by atoms with Gasteiger partial charge in [0.25, 0.3) is 0 Å². The minimum absolute atomic E-state index is 0.0767. The van der Waals surface area contributed by atoms with Gasteiger partial charge < -0.3 is 19.2 Å². The number of nitriles is 1. The SMILES string of the molecule is CNC(=O)O[C@H]1CC[C@H](C(=O)N(C[C@H]2CC[C@H](c3ccc(OC)c(C#N)c3)CC2)c2cc(-c3coc(C4CC4)n3)ccn2)CC1. The van der Waals surface area contributed by atoms with Crippen molar-refractivity contribution in [1.82, 2.24) is 15.3 Å². The molecular weight excluding hydrogens is 570 g/mol. The van der Waals surface area contributed by atoms with Gasteiger partial charge in [-0.3, -0.25) is 9.69 Å². The Hall–Kier alpha value is -4.39. The Morgan fingerprint density at radius 1 is 1.02 bits per heavy atom. The molecule has 2 amide bonds. The average Bonchev–Trinajstić information content (AvgIpc) is 3.82. The number of carbonyl (C=O) groups is 2. The number of rotatable bonds is 9. The quantitative estimate of drug-likeness (QED) is 0.282. The highest BCUT2D eigenvalue weighted by Gasteiger charge is 2.34. The first-order valence-electron chi connectivity index (χ1n) is 16.1. The van der Waals surface area contributed by atoms with Crippen LogP contribution < -0.4 is 15.0 Å². The van der Waals surface area contributed by atoms with Gasteiger partial charge in [-0.2, -0.15) is 5.26 Å². The summed E-state index contributed by atoms with van der Waals surface area (Å²) in [5, 5.41) is 12.1. The fraction of sp³-hybridized carbons (Fsp3) is 0.514. The third-order valence-corrected chi connectivity index (χ3v) is 9.64. The molecule has 0 bridgehead atoms. The van der Waals surface area contributed by atoms with Crippen molar-refractivity contribution in [3.05, 3.63) is 59.8 Å². The van der Waals surface area contributed by atoms with Crippen LogP contribution in [0.1, 0.15) is 93.1 Å². The highest BCUT2D eigenvalue weighted by Crippen LogP contribution is 2.41.